The van der Waals surface area contributed by atoms with E-state index in [0.717, 1.165) is 19.3 Å². The van der Waals surface area contributed by atoms with Gasteiger partial charge in [-0.05, 0) is 121 Å². The third kappa shape index (κ3) is 23.0. The van der Waals surface area contributed by atoms with Crippen molar-refractivity contribution in [2.75, 3.05) is 54.6 Å². The van der Waals surface area contributed by atoms with Crippen LogP contribution in [0.3, 0.4) is 0 Å². The van der Waals surface area contributed by atoms with Crippen molar-refractivity contribution < 1.29 is 120 Å². The summed E-state index contributed by atoms with van der Waals surface area (Å²) in [5, 5.41) is 108. The summed E-state index contributed by atoms with van der Waals surface area (Å²) in [7, 11) is 2.07. The number of hydrogen-bond donors (Lipinski definition) is 26. The third-order valence-electron chi connectivity index (χ3n) is 20.6. The molecule has 6 saturated heterocycles. The van der Waals surface area contributed by atoms with Gasteiger partial charge in [-0.15, -0.1) is 0 Å². The maximum Gasteiger partial charge on any atom is 0.394 e. The van der Waals surface area contributed by atoms with Crippen LogP contribution in [-0.2, 0) is 67.2 Å². The van der Waals surface area contributed by atoms with E-state index in [2.05, 4.69) is 21.3 Å². The molecule has 0 amide bonds. The molecule has 0 aromatic carbocycles. The van der Waals surface area contributed by atoms with E-state index < -0.39 is 193 Å². The molecule has 0 spiro atoms. The maximum absolute atomic E-state index is 11.1. The first-order valence-electron chi connectivity index (χ1n) is 34.7. The van der Waals surface area contributed by atoms with Crippen LogP contribution in [0.25, 0.3) is 0 Å². The molecule has 38 atom stereocenters. The van der Waals surface area contributed by atoms with Crippen LogP contribution in [0.15, 0.2) is 0 Å². The standard InChI is InChI=1S/C21H43N5O7.C20H41N5O7.C19H39N5O7.H2O4S/c1-9(25-3)13-6-5-10(22)19(31-13)32-16-11(23)7-12(24)17(14(16)27)33-20-15(28)18(26-4)21(2,29)8-30-20;1-8(21)12-5-4-9(22)18(30-12)31-15-10(23)6-11(24)16(13(15)26)32-19-14(27)17(25-3)20(2,28)7-29-19;1-19(27)7-28-18(13(26)16(19)24-2)31-15-11(23)5-10(22)14(12(15)25)30-17-9(21)4-3-8(6-20)29-17;1-5(2,3)4/h9-20,25-29H,5-8,22-24H2,1-4H3;8-19,25-28H,4-7,21-24H2,1-3H3;8-18,24-27H,3-7,20-23H2,1-2H3;(H2,1,2,3,4)/t9-,10-,11+,12-,13+,14+,15-,16-,17+,18-,19+,20+,21+;8-,9-,10+,11-,12+,13+,14-,15-,16+,17-,18+,19+,20+;8-,9+,10-,11+,12-,13+,14+,15-,16+,17-,18-,19-;/m110./s1. The van der Waals surface area contributed by atoms with Crippen LogP contribution in [0.2, 0.25) is 0 Å². The summed E-state index contributed by atoms with van der Waals surface area (Å²) >= 11 is 0. The van der Waals surface area contributed by atoms with E-state index in [0.29, 0.717) is 45.1 Å². The molecule has 0 aromatic heterocycles. The summed E-state index contributed by atoms with van der Waals surface area (Å²) in [6, 6.07) is -6.84. The first-order chi connectivity index (χ1) is 47.0. The molecule has 0 aromatic rings. The van der Waals surface area contributed by atoms with Gasteiger partial charge in [-0.3, -0.25) is 9.11 Å². The zero-order valence-electron chi connectivity index (χ0n) is 59.3. The van der Waals surface area contributed by atoms with Gasteiger partial charge in [-0.2, -0.15) is 8.42 Å². The van der Waals surface area contributed by atoms with Crippen LogP contribution in [0.4, 0.5) is 0 Å². The predicted molar refractivity (Wildman–Crippen MR) is 360 cm³/mol. The highest BCUT2D eigenvalue weighted by Crippen LogP contribution is 2.36. The minimum atomic E-state index is -4.67. The van der Waals surface area contributed by atoms with Crippen LogP contribution in [0.5, 0.6) is 0 Å². The molecular weight excluding hydrogens is 1360 g/mol. The number of aliphatic hydroxyl groups is 9. The summed E-state index contributed by atoms with van der Waals surface area (Å²) in [5.74, 6) is 0. The summed E-state index contributed by atoms with van der Waals surface area (Å²) in [6.07, 6.45) is -13.3. The van der Waals surface area contributed by atoms with Crippen LogP contribution in [-0.4, -0.2) is 349 Å². The Morgan fingerprint density at radius 3 is 0.950 bits per heavy atom. The summed E-state index contributed by atoms with van der Waals surface area (Å²) in [5.41, 5.74) is 63.8. The van der Waals surface area contributed by atoms with Gasteiger partial charge in [-0.25, -0.2) is 0 Å². The Kier molecular flexibility index (Phi) is 33.4. The Bertz CT molecular complexity index is 2560. The van der Waals surface area contributed by atoms with E-state index in [9.17, 15) is 46.0 Å². The topological polar surface area (TPSA) is 702 Å². The van der Waals surface area contributed by atoms with E-state index in [1.165, 1.54) is 0 Å². The molecule has 9 rings (SSSR count). The number of hydrogen-bond acceptors (Lipinski definition) is 38. The largest absolute Gasteiger partial charge is 0.394 e. The van der Waals surface area contributed by atoms with Crippen LogP contribution >= 0.6 is 0 Å². The Labute approximate surface area is 590 Å². The van der Waals surface area contributed by atoms with Crippen molar-refractivity contribution in [3.05, 3.63) is 0 Å². The number of rotatable bonds is 19. The van der Waals surface area contributed by atoms with Gasteiger partial charge in [0.15, 0.2) is 37.7 Å². The van der Waals surface area contributed by atoms with Crippen LogP contribution in [0, 0.1) is 0 Å². The maximum atomic E-state index is 11.1. The van der Waals surface area contributed by atoms with Crippen molar-refractivity contribution >= 4 is 10.4 Å². The fourth-order valence-electron chi connectivity index (χ4n) is 14.6. The number of nitrogens with two attached hydrogens (primary N) is 11. The summed E-state index contributed by atoms with van der Waals surface area (Å²) in [4.78, 5) is 0. The van der Waals surface area contributed by atoms with Crippen molar-refractivity contribution in [2.24, 2.45) is 63.1 Å². The van der Waals surface area contributed by atoms with Gasteiger partial charge in [0.1, 0.15) is 90.1 Å². The molecule has 3 saturated carbocycles. The molecule has 9 aliphatic rings. The van der Waals surface area contributed by atoms with Gasteiger partial charge in [-0.1, -0.05) is 0 Å². The molecule has 37 N–H and O–H groups in total. The highest BCUT2D eigenvalue weighted by atomic mass is 32.3. The Morgan fingerprint density at radius 1 is 0.426 bits per heavy atom. The van der Waals surface area contributed by atoms with Crippen molar-refractivity contribution in [2.45, 2.75) is 323 Å². The van der Waals surface area contributed by atoms with E-state index in [-0.39, 0.29) is 68.3 Å². The van der Waals surface area contributed by atoms with E-state index in [1.54, 1.807) is 41.9 Å². The Hall–Kier alpha value is -1.57. The van der Waals surface area contributed by atoms with E-state index >= 15 is 0 Å². The lowest BCUT2D eigenvalue weighted by atomic mass is 9.84. The molecular formula is C60H125N15O25S. The van der Waals surface area contributed by atoms with Gasteiger partial charge < -0.3 is 187 Å². The molecule has 0 radical (unpaired) electrons. The molecule has 41 heteroatoms. The molecule has 0 bridgehead atoms. The molecule has 6 heterocycles. The number of nitrogens with one attached hydrogen (secondary N) is 4. The fraction of sp³-hybridized carbons (Fsp3) is 1.00. The van der Waals surface area contributed by atoms with E-state index in [4.69, 9.17) is 137 Å². The second-order valence-corrected chi connectivity index (χ2v) is 30.1. The zero-order valence-corrected chi connectivity index (χ0v) is 60.1. The Morgan fingerprint density at radius 2 is 0.683 bits per heavy atom. The first-order valence-corrected chi connectivity index (χ1v) is 36.1. The molecule has 101 heavy (non-hydrogen) atoms. The molecule has 9 fully saturated rings. The minimum absolute atomic E-state index is 0.0620. The van der Waals surface area contributed by atoms with Crippen molar-refractivity contribution in [1.29, 1.82) is 0 Å². The second-order valence-electron chi connectivity index (χ2n) is 29.2. The van der Waals surface area contributed by atoms with Gasteiger partial charge in [0.2, 0.25) is 0 Å². The minimum Gasteiger partial charge on any atom is -0.388 e. The fourth-order valence-corrected chi connectivity index (χ4v) is 14.6. The average Bonchev–Trinajstić information content (AvgIpc) is 0.790. The molecule has 6 aliphatic heterocycles. The molecule has 3 aliphatic carbocycles. The van der Waals surface area contributed by atoms with Gasteiger partial charge >= 0.3 is 10.4 Å². The predicted octanol–water partition coefficient (Wildman–Crippen LogP) is -11.5. The van der Waals surface area contributed by atoms with Crippen molar-refractivity contribution in [3.63, 3.8) is 0 Å². The Balaban J connectivity index is 0.000000230. The lowest BCUT2D eigenvalue weighted by Gasteiger charge is -2.48. The van der Waals surface area contributed by atoms with Gasteiger partial charge in [0, 0.05) is 54.9 Å². The van der Waals surface area contributed by atoms with Crippen molar-refractivity contribution in [3.8, 4) is 0 Å². The first kappa shape index (κ1) is 88.3. The van der Waals surface area contributed by atoms with Crippen LogP contribution in [0.1, 0.15) is 92.4 Å². The van der Waals surface area contributed by atoms with E-state index in [1.807, 2.05) is 20.9 Å². The monoisotopic (exact) mass is 1490 g/mol. The lowest BCUT2D eigenvalue weighted by Crippen LogP contribution is -2.68. The van der Waals surface area contributed by atoms with Gasteiger partial charge in [0.25, 0.3) is 0 Å². The average molecular weight is 1490 g/mol. The smallest absolute Gasteiger partial charge is 0.388 e. The summed E-state index contributed by atoms with van der Waals surface area (Å²) < 4.78 is 102. The third-order valence-corrected chi connectivity index (χ3v) is 20.6. The second kappa shape index (κ2) is 38.2. The molecule has 40 nitrogen and oxygen atoms in total. The summed E-state index contributed by atoms with van der Waals surface area (Å²) in [6.45, 7) is 8.70. The normalized spacial score (nSPS) is 49.1. The SMILES string of the molecule is CN[C@@H]1[C@@H](O)[C@H](O[C@@H]2[C@@H](O)[C@H](O[C@@H]3O[C@H](CN)CC[C@H]3N)[C@@H](N)C[C@H]2N)OC[C@]1(C)O.CN[C@@H]1[C@@H](O)[C@H](O[C@@H]2[C@@H](O)[C@H](O[C@@H]3O[C@H]([C@@H](C)N)CC[C@H]3N)[C@@H](N)C[C@H]2N)OC[C@]1(C)O.CN[C@@H]1[C@@H](O)[C@H](O[C@@H]2[C@@H](O)[C@H](O[C@@H]3O[C@H]([C@@H](C)NC)CC[C@H]3N)[C@@H](N)C[C@H]2N)OC[C@]1(C)O.O=S(=O)(O)O. The molecule has 0 unspecified atom stereocenters. The number of likely N-dealkylation sites (N-methyl/N-ethyl adjacent to an activating group) is 4. The van der Waals surface area contributed by atoms with Crippen molar-refractivity contribution in [1.82, 2.24) is 21.3 Å². The zero-order chi connectivity index (χ0) is 75.7. The number of ether oxygens (including phenoxy) is 12. The van der Waals surface area contributed by atoms with Crippen LogP contribution < -0.4 is 84.3 Å². The quantitative estimate of drug-likeness (QED) is 0.0534. The highest BCUT2D eigenvalue weighted by Gasteiger charge is 2.55. The number of aliphatic hydroxyl groups excluding tert-OH is 6. The lowest BCUT2D eigenvalue weighted by molar-refractivity contribution is -0.307. The highest BCUT2D eigenvalue weighted by molar-refractivity contribution is 7.79. The van der Waals surface area contributed by atoms with Gasteiger partial charge in [0.05, 0.1) is 74.4 Å². The molecule has 596 valence electrons.